The minimum atomic E-state index is -1.17. The van der Waals surface area contributed by atoms with Crippen LogP contribution in [0.4, 0.5) is 38.3 Å². The number of benzene rings is 7. The molecule has 0 saturated carbocycles. The number of aliphatic hydroxyl groups is 1. The predicted molar refractivity (Wildman–Crippen MR) is 299 cm³/mol. The highest BCUT2D eigenvalue weighted by atomic mass is 16.6. The van der Waals surface area contributed by atoms with Crippen molar-refractivity contribution in [2.24, 2.45) is 0 Å². The number of carbonyl (C=O) groups is 2. The second-order valence-corrected chi connectivity index (χ2v) is 18.5. The number of aromatic nitrogens is 6. The molecule has 0 radical (unpaired) electrons. The molecule has 1 fully saturated rings. The quantitative estimate of drug-likeness (QED) is 0.0776. The molecule has 1 aliphatic rings. The van der Waals surface area contributed by atoms with Gasteiger partial charge in [0.05, 0.1) is 61.7 Å². The maximum atomic E-state index is 14.5. The lowest BCUT2D eigenvalue weighted by Gasteiger charge is -2.37. The molecule has 17 nitrogen and oxygen atoms in total. The molecule has 3 atom stereocenters. The van der Waals surface area contributed by atoms with Crippen LogP contribution >= 0.6 is 0 Å². The van der Waals surface area contributed by atoms with Crippen LogP contribution in [0.1, 0.15) is 35.0 Å². The Balaban J connectivity index is 0.888. The predicted octanol–water partition coefficient (Wildman–Crippen LogP) is 11.5. The van der Waals surface area contributed by atoms with Crippen molar-refractivity contribution < 1.29 is 38.4 Å². The smallest absolute Gasteiger partial charge is 0.425 e. The number of carbonyl (C=O) groups excluding carboxylic acids is 2. The van der Waals surface area contributed by atoms with E-state index in [1.807, 2.05) is 200 Å². The topological polar surface area (TPSA) is 180 Å². The molecule has 2 N–H and O–H groups in total. The number of hydrogen-bond donors (Lipinski definition) is 2. The first-order valence-corrected chi connectivity index (χ1v) is 25.7. The van der Waals surface area contributed by atoms with E-state index in [9.17, 15) is 14.7 Å². The maximum Gasteiger partial charge on any atom is 0.425 e. The fourth-order valence-corrected chi connectivity index (χ4v) is 9.75. The van der Waals surface area contributed by atoms with Crippen LogP contribution in [0.5, 0.6) is 17.4 Å². The van der Waals surface area contributed by atoms with E-state index in [4.69, 9.17) is 38.6 Å². The van der Waals surface area contributed by atoms with Crippen LogP contribution in [0.2, 0.25) is 0 Å². The van der Waals surface area contributed by atoms with Gasteiger partial charge < -0.3 is 34.1 Å². The van der Waals surface area contributed by atoms with Gasteiger partial charge in [0, 0.05) is 25.6 Å². The summed E-state index contributed by atoms with van der Waals surface area (Å²) in [6.07, 6.45) is 1.90. The van der Waals surface area contributed by atoms with E-state index in [1.54, 1.807) is 29.9 Å². The van der Waals surface area contributed by atoms with Gasteiger partial charge in [-0.1, -0.05) is 127 Å². The molecule has 10 aromatic rings. The average Bonchev–Trinajstić information content (AvgIpc) is 4.41. The number of imidazole rings is 2. The van der Waals surface area contributed by atoms with Gasteiger partial charge in [0.15, 0.2) is 11.2 Å². The number of ether oxygens (including phenoxy) is 5. The van der Waals surface area contributed by atoms with Crippen LogP contribution in [0, 0.1) is 0 Å². The Hall–Kier alpha value is -9.68. The van der Waals surface area contributed by atoms with Crippen molar-refractivity contribution >= 4 is 52.0 Å². The van der Waals surface area contributed by atoms with Crippen LogP contribution in [0.15, 0.2) is 219 Å². The van der Waals surface area contributed by atoms with Gasteiger partial charge in [-0.3, -0.25) is 14.0 Å². The number of methoxy groups -OCH3 is 2. The first kappa shape index (κ1) is 51.4. The van der Waals surface area contributed by atoms with E-state index >= 15 is 0 Å². The Labute approximate surface area is 455 Å². The summed E-state index contributed by atoms with van der Waals surface area (Å²) in [4.78, 5) is 50.6. The Morgan fingerprint density at radius 3 is 1.68 bits per heavy atom. The average molecular weight is 1050 g/mol. The lowest BCUT2D eigenvalue weighted by Crippen LogP contribution is -2.38. The summed E-state index contributed by atoms with van der Waals surface area (Å²) in [5.74, 6) is 1.37. The van der Waals surface area contributed by atoms with E-state index in [1.165, 1.54) is 22.1 Å². The molecular formula is C62H55N9O8. The Morgan fingerprint density at radius 1 is 0.646 bits per heavy atom. The zero-order valence-corrected chi connectivity index (χ0v) is 43.2. The summed E-state index contributed by atoms with van der Waals surface area (Å²) >= 11 is 0. The SMILES string of the molecule is COc1ccc(C(OC[C@H]2O[C@@H](n3cnc4c(OC(=O)N(c5ccccc5)c5ccccc5)nc(NCCc5cn(C(=O)N(c6ccccc6)c6ccccc6)cn5)nc43)C[C@@H]2O)(c2ccccc2)c2ccc(OC)cc2)cc1. The molecule has 1 aliphatic heterocycles. The number of para-hydroxylation sites is 4. The summed E-state index contributed by atoms with van der Waals surface area (Å²) in [6, 6.07) is 62.2. The number of nitrogens with zero attached hydrogens (tertiary/aromatic N) is 8. The van der Waals surface area contributed by atoms with E-state index in [2.05, 4.69) is 10.3 Å². The number of anilines is 5. The van der Waals surface area contributed by atoms with Gasteiger partial charge in [-0.25, -0.2) is 24.5 Å². The third kappa shape index (κ3) is 10.9. The monoisotopic (exact) mass is 1050 g/mol. The molecule has 1 saturated heterocycles. The van der Waals surface area contributed by atoms with Crippen molar-refractivity contribution in [2.45, 2.75) is 36.9 Å². The van der Waals surface area contributed by atoms with Gasteiger partial charge in [-0.15, -0.1) is 0 Å². The van der Waals surface area contributed by atoms with E-state index in [-0.39, 0.29) is 48.6 Å². The molecular weight excluding hydrogens is 999 g/mol. The molecule has 0 unspecified atom stereocenters. The second kappa shape index (κ2) is 23.3. The summed E-state index contributed by atoms with van der Waals surface area (Å²) in [5.41, 5.74) is 4.96. The fraction of sp³-hybridized carbons (Fsp3) is 0.161. The van der Waals surface area contributed by atoms with Crippen molar-refractivity contribution in [3.63, 3.8) is 0 Å². The molecule has 79 heavy (non-hydrogen) atoms. The van der Waals surface area contributed by atoms with Gasteiger partial charge in [0.25, 0.3) is 5.88 Å². The van der Waals surface area contributed by atoms with Crippen molar-refractivity contribution in [3.05, 3.63) is 241 Å². The first-order valence-electron chi connectivity index (χ1n) is 25.7. The highest BCUT2D eigenvalue weighted by Gasteiger charge is 2.42. The zero-order chi connectivity index (χ0) is 54.1. The zero-order valence-electron chi connectivity index (χ0n) is 43.2. The van der Waals surface area contributed by atoms with Crippen LogP contribution in [-0.4, -0.2) is 85.9 Å². The number of hydrogen-bond acceptors (Lipinski definition) is 13. The second-order valence-electron chi connectivity index (χ2n) is 18.5. The fourth-order valence-electron chi connectivity index (χ4n) is 9.75. The molecule has 0 aliphatic carbocycles. The van der Waals surface area contributed by atoms with E-state index < -0.39 is 30.1 Å². The molecule has 7 aromatic carbocycles. The molecule has 2 amide bonds. The summed E-state index contributed by atoms with van der Waals surface area (Å²) in [5, 5.41) is 15.2. The third-order valence-electron chi connectivity index (χ3n) is 13.7. The highest BCUT2D eigenvalue weighted by molar-refractivity contribution is 6.01. The Morgan fingerprint density at radius 2 is 1.15 bits per heavy atom. The largest absolute Gasteiger partial charge is 0.497 e. The van der Waals surface area contributed by atoms with Gasteiger partial charge in [0.1, 0.15) is 35.8 Å². The lowest BCUT2D eigenvalue weighted by atomic mass is 9.80. The molecule has 3 aromatic heterocycles. The van der Waals surface area contributed by atoms with E-state index in [0.717, 1.165) is 16.7 Å². The number of aliphatic hydroxyl groups excluding tert-OH is 1. The minimum absolute atomic E-state index is 0.0331. The maximum absolute atomic E-state index is 14.5. The summed E-state index contributed by atoms with van der Waals surface area (Å²) in [6.45, 7) is 0.234. The normalized spacial score (nSPS) is 15.1. The number of nitrogens with one attached hydrogen (secondary N) is 1. The Bertz CT molecular complexity index is 3500. The van der Waals surface area contributed by atoms with Crippen LogP contribution < -0.4 is 29.3 Å². The van der Waals surface area contributed by atoms with Crippen molar-refractivity contribution in [1.82, 2.24) is 29.1 Å². The van der Waals surface area contributed by atoms with Crippen molar-refractivity contribution in [2.75, 3.05) is 42.5 Å². The minimum Gasteiger partial charge on any atom is -0.497 e. The lowest BCUT2D eigenvalue weighted by molar-refractivity contribution is -0.0931. The number of amides is 2. The number of fused-ring (bicyclic) bond motifs is 1. The molecule has 0 bridgehead atoms. The van der Waals surface area contributed by atoms with Crippen LogP contribution in [-0.2, 0) is 21.5 Å². The van der Waals surface area contributed by atoms with Gasteiger partial charge in [0.2, 0.25) is 5.95 Å². The molecule has 396 valence electrons. The molecule has 4 heterocycles. The highest BCUT2D eigenvalue weighted by Crippen LogP contribution is 2.43. The standard InChI is InChI=1S/C62H55N9O8/c1-75-51-32-28-44(29-33-51)62(43-18-8-3-9-19-43,45-30-34-52(76-2)35-31-45)77-40-54-53(72)38-55(78-54)69-42-65-56-57(69)66-59(67-58(56)79-61(74)71(49-24-14-6-15-25-49)50-26-16-7-17-27-50)63-37-36-46-39-68(41-64-46)60(73)70(47-20-10-4-11-21-47)48-22-12-5-13-23-48/h3-35,39,41-42,53-55,72H,36-38,40H2,1-2H3,(H,63,66,67)/t53-,54+,55+/m0/s1. The van der Waals surface area contributed by atoms with Crippen molar-refractivity contribution in [3.8, 4) is 17.4 Å². The summed E-state index contributed by atoms with van der Waals surface area (Å²) < 4.78 is 34.3. The van der Waals surface area contributed by atoms with Crippen LogP contribution in [0.25, 0.3) is 11.2 Å². The van der Waals surface area contributed by atoms with Gasteiger partial charge >= 0.3 is 12.1 Å². The number of rotatable bonds is 18. The Kier molecular flexibility index (Phi) is 15.2. The van der Waals surface area contributed by atoms with Gasteiger partial charge in [-0.05, 0) is 89.5 Å². The first-order chi connectivity index (χ1) is 38.8. The molecule has 0 spiro atoms. The van der Waals surface area contributed by atoms with E-state index in [0.29, 0.717) is 46.4 Å². The molecule has 11 rings (SSSR count). The van der Waals surface area contributed by atoms with Crippen LogP contribution in [0.3, 0.4) is 0 Å². The third-order valence-corrected chi connectivity index (χ3v) is 13.7. The molecule has 17 heteroatoms. The van der Waals surface area contributed by atoms with Crippen molar-refractivity contribution in [1.29, 1.82) is 0 Å². The summed E-state index contributed by atoms with van der Waals surface area (Å²) in [7, 11) is 3.24. The van der Waals surface area contributed by atoms with Gasteiger partial charge in [-0.2, -0.15) is 9.97 Å².